The molecule has 0 bridgehead atoms. The van der Waals surface area contributed by atoms with Crippen LogP contribution in [-0.4, -0.2) is 33.6 Å². The van der Waals surface area contributed by atoms with Crippen molar-refractivity contribution in [3.05, 3.63) is 100 Å². The molecule has 2 aromatic carbocycles. The quantitative estimate of drug-likeness (QED) is 0.152. The first kappa shape index (κ1) is 25.7. The van der Waals surface area contributed by atoms with Gasteiger partial charge in [-0.25, -0.2) is 4.39 Å². The molecule has 8 nitrogen and oxygen atoms in total. The lowest BCUT2D eigenvalue weighted by Gasteiger charge is -2.24. The van der Waals surface area contributed by atoms with E-state index in [2.05, 4.69) is 10.2 Å². The molecule has 1 amide bonds. The van der Waals surface area contributed by atoms with Crippen LogP contribution in [0.1, 0.15) is 40.4 Å². The molecule has 1 N–H and O–H groups in total. The summed E-state index contributed by atoms with van der Waals surface area (Å²) in [5, 5.41) is 19.4. The SMILES string of the molecule is CCOc1cccc(C2C(C(=O)c3ccc(C)o3)=C(O)C(=O)N2c2nnc(SCc3ccccc3F)s2)c1. The van der Waals surface area contributed by atoms with Crippen LogP contribution in [0, 0.1) is 12.7 Å². The van der Waals surface area contributed by atoms with E-state index in [1.54, 1.807) is 55.5 Å². The Bertz CT molecular complexity index is 1550. The lowest BCUT2D eigenvalue weighted by atomic mass is 9.95. The summed E-state index contributed by atoms with van der Waals surface area (Å²) in [6.07, 6.45) is 0. The smallest absolute Gasteiger partial charge is 0.296 e. The summed E-state index contributed by atoms with van der Waals surface area (Å²) >= 11 is 2.38. The molecule has 3 heterocycles. The van der Waals surface area contributed by atoms with Gasteiger partial charge in [-0.3, -0.25) is 14.5 Å². The average Bonchev–Trinajstić information content (AvgIpc) is 3.62. The molecule has 4 aromatic rings. The second kappa shape index (κ2) is 10.8. The summed E-state index contributed by atoms with van der Waals surface area (Å²) in [7, 11) is 0. The maximum atomic E-state index is 14.0. The molecule has 5 rings (SSSR count). The van der Waals surface area contributed by atoms with Crippen molar-refractivity contribution in [3.63, 3.8) is 0 Å². The maximum absolute atomic E-state index is 14.0. The number of ketones is 1. The molecule has 1 atom stereocenters. The van der Waals surface area contributed by atoms with Gasteiger partial charge in [0.25, 0.3) is 5.91 Å². The van der Waals surface area contributed by atoms with E-state index in [-0.39, 0.29) is 22.3 Å². The van der Waals surface area contributed by atoms with Crippen molar-refractivity contribution in [2.45, 2.75) is 30.0 Å². The number of Topliss-reactive ketones (excluding diaryl/α,β-unsaturated/α-hetero) is 1. The number of anilines is 1. The number of carbonyl (C=O) groups is 2. The van der Waals surface area contributed by atoms with Crippen molar-refractivity contribution in [3.8, 4) is 5.75 Å². The molecule has 1 aliphatic heterocycles. The molecular formula is C27H22FN3O5S2. The Morgan fingerprint density at radius 1 is 1.18 bits per heavy atom. The van der Waals surface area contributed by atoms with E-state index in [0.717, 1.165) is 11.3 Å². The first-order valence-electron chi connectivity index (χ1n) is 11.7. The third-order valence-corrected chi connectivity index (χ3v) is 7.92. The summed E-state index contributed by atoms with van der Waals surface area (Å²) in [5.41, 5.74) is 0.919. The zero-order valence-electron chi connectivity index (χ0n) is 20.4. The highest BCUT2D eigenvalue weighted by Crippen LogP contribution is 2.44. The Kier molecular flexibility index (Phi) is 7.30. The number of aryl methyl sites for hydroxylation is 1. The minimum Gasteiger partial charge on any atom is -0.503 e. The van der Waals surface area contributed by atoms with Gasteiger partial charge in [-0.2, -0.15) is 0 Å². The Morgan fingerprint density at radius 2 is 2.00 bits per heavy atom. The predicted octanol–water partition coefficient (Wildman–Crippen LogP) is 6.05. The highest BCUT2D eigenvalue weighted by atomic mass is 32.2. The van der Waals surface area contributed by atoms with E-state index in [4.69, 9.17) is 9.15 Å². The summed E-state index contributed by atoms with van der Waals surface area (Å²) in [4.78, 5) is 28.1. The van der Waals surface area contributed by atoms with Crippen LogP contribution < -0.4 is 9.64 Å². The summed E-state index contributed by atoms with van der Waals surface area (Å²) in [6, 6.07) is 15.5. The van der Waals surface area contributed by atoms with Crippen molar-refractivity contribution in [2.75, 3.05) is 11.5 Å². The third kappa shape index (κ3) is 4.94. The first-order valence-corrected chi connectivity index (χ1v) is 13.5. The number of aromatic nitrogens is 2. The van der Waals surface area contributed by atoms with Gasteiger partial charge in [0.15, 0.2) is 15.9 Å². The lowest BCUT2D eigenvalue weighted by Crippen LogP contribution is -2.31. The number of amides is 1. The fourth-order valence-corrected chi connectivity index (χ4v) is 5.95. The Balaban J connectivity index is 1.51. The Morgan fingerprint density at radius 3 is 2.74 bits per heavy atom. The monoisotopic (exact) mass is 551 g/mol. The first-order chi connectivity index (χ1) is 18.4. The van der Waals surface area contributed by atoms with Gasteiger partial charge in [-0.15, -0.1) is 10.2 Å². The van der Waals surface area contributed by atoms with Gasteiger partial charge in [-0.1, -0.05) is 53.4 Å². The third-order valence-electron chi connectivity index (χ3n) is 5.81. The maximum Gasteiger partial charge on any atom is 0.296 e. The number of benzene rings is 2. The molecule has 0 fully saturated rings. The summed E-state index contributed by atoms with van der Waals surface area (Å²) in [5.74, 6) is -1.02. The van der Waals surface area contributed by atoms with E-state index in [0.29, 0.717) is 39.3 Å². The molecular weight excluding hydrogens is 529 g/mol. The Hall–Kier alpha value is -3.96. The van der Waals surface area contributed by atoms with Crippen molar-refractivity contribution >= 4 is 39.9 Å². The molecule has 0 radical (unpaired) electrons. The van der Waals surface area contributed by atoms with E-state index in [9.17, 15) is 19.1 Å². The molecule has 0 saturated heterocycles. The van der Waals surface area contributed by atoms with E-state index in [1.165, 1.54) is 28.8 Å². The molecule has 1 aliphatic rings. The van der Waals surface area contributed by atoms with Crippen LogP contribution in [0.3, 0.4) is 0 Å². The van der Waals surface area contributed by atoms with E-state index in [1.807, 2.05) is 6.92 Å². The van der Waals surface area contributed by atoms with Crippen molar-refractivity contribution in [1.29, 1.82) is 0 Å². The van der Waals surface area contributed by atoms with Gasteiger partial charge < -0.3 is 14.3 Å². The van der Waals surface area contributed by atoms with Crippen LogP contribution in [-0.2, 0) is 10.5 Å². The predicted molar refractivity (Wildman–Crippen MR) is 141 cm³/mol. The van der Waals surface area contributed by atoms with E-state index < -0.39 is 23.5 Å². The number of halogens is 1. The van der Waals surface area contributed by atoms with Crippen molar-refractivity contribution in [1.82, 2.24) is 10.2 Å². The van der Waals surface area contributed by atoms with Gasteiger partial charge in [0.2, 0.25) is 10.9 Å². The number of ether oxygens (including phenoxy) is 1. The average molecular weight is 552 g/mol. The summed E-state index contributed by atoms with van der Waals surface area (Å²) in [6.45, 7) is 3.97. The van der Waals surface area contributed by atoms with Crippen LogP contribution in [0.4, 0.5) is 9.52 Å². The lowest BCUT2D eigenvalue weighted by molar-refractivity contribution is -0.117. The van der Waals surface area contributed by atoms with E-state index >= 15 is 0 Å². The van der Waals surface area contributed by atoms with Gasteiger partial charge in [-0.05, 0) is 55.3 Å². The molecule has 194 valence electrons. The van der Waals surface area contributed by atoms with Crippen molar-refractivity contribution < 1.29 is 28.2 Å². The van der Waals surface area contributed by atoms with Gasteiger partial charge >= 0.3 is 0 Å². The number of hydrogen-bond donors (Lipinski definition) is 1. The molecule has 0 aliphatic carbocycles. The van der Waals surface area contributed by atoms with Crippen LogP contribution in [0.2, 0.25) is 0 Å². The van der Waals surface area contributed by atoms with Crippen LogP contribution >= 0.6 is 23.1 Å². The number of aliphatic hydroxyl groups excluding tert-OH is 1. The van der Waals surface area contributed by atoms with Gasteiger partial charge in [0.05, 0.1) is 18.2 Å². The zero-order chi connectivity index (χ0) is 26.8. The standard InChI is InChI=1S/C27H22FN3O5S2/c1-3-35-18-9-6-8-16(13-18)22-21(23(32)20-12-11-15(2)36-20)24(33)25(34)31(22)26-29-30-27(38-26)37-14-17-7-4-5-10-19(17)28/h4-13,22,33H,3,14H2,1-2H3. The topological polar surface area (TPSA) is 106 Å². The molecule has 1 unspecified atom stereocenters. The molecule has 38 heavy (non-hydrogen) atoms. The fraction of sp³-hybridized carbons (Fsp3) is 0.185. The molecule has 0 spiro atoms. The second-order valence-electron chi connectivity index (χ2n) is 8.32. The fourth-order valence-electron chi connectivity index (χ4n) is 4.09. The van der Waals surface area contributed by atoms with Crippen LogP contribution in [0.5, 0.6) is 5.75 Å². The van der Waals surface area contributed by atoms with Crippen LogP contribution in [0.25, 0.3) is 0 Å². The van der Waals surface area contributed by atoms with Gasteiger partial charge in [0.1, 0.15) is 17.3 Å². The number of furan rings is 1. The second-order valence-corrected chi connectivity index (χ2v) is 10.5. The Labute approximate surface area is 225 Å². The van der Waals surface area contributed by atoms with Crippen LogP contribution in [0.15, 0.2) is 80.8 Å². The molecule has 2 aromatic heterocycles. The number of hydrogen-bond acceptors (Lipinski definition) is 9. The zero-order valence-corrected chi connectivity index (χ0v) is 22.0. The van der Waals surface area contributed by atoms with Gasteiger partial charge in [0, 0.05) is 5.75 Å². The molecule has 0 saturated carbocycles. The largest absolute Gasteiger partial charge is 0.503 e. The number of rotatable bonds is 9. The number of thioether (sulfide) groups is 1. The number of carbonyl (C=O) groups excluding carboxylic acids is 2. The highest BCUT2D eigenvalue weighted by molar-refractivity contribution is 8.00. The minimum absolute atomic E-state index is 0.00283. The minimum atomic E-state index is -1.00. The number of aliphatic hydroxyl groups is 1. The summed E-state index contributed by atoms with van der Waals surface area (Å²) < 4.78 is 25.7. The van der Waals surface area contributed by atoms with Crippen molar-refractivity contribution in [2.24, 2.45) is 0 Å². The number of nitrogens with zero attached hydrogens (tertiary/aromatic N) is 3. The molecule has 11 heteroatoms. The highest BCUT2D eigenvalue weighted by Gasteiger charge is 2.46. The normalized spacial score (nSPS) is 15.4.